The van der Waals surface area contributed by atoms with Crippen LogP contribution >= 0.6 is 0 Å². The molecule has 0 N–H and O–H groups in total. The zero-order valence-corrected chi connectivity index (χ0v) is 13.9. The van der Waals surface area contributed by atoms with Crippen molar-refractivity contribution in [1.29, 1.82) is 0 Å². The maximum absolute atomic E-state index is 13.4. The second kappa shape index (κ2) is 6.39. The molecule has 27 heavy (non-hydrogen) atoms. The Morgan fingerprint density at radius 2 is 1.70 bits per heavy atom. The van der Waals surface area contributed by atoms with E-state index < -0.39 is 11.7 Å². The van der Waals surface area contributed by atoms with Crippen molar-refractivity contribution in [3.8, 4) is 16.8 Å². The van der Waals surface area contributed by atoms with Crippen molar-refractivity contribution in [2.24, 2.45) is 0 Å². The summed E-state index contributed by atoms with van der Waals surface area (Å²) in [6.45, 7) is 0. The molecular formula is C21H13F3N2O. The number of para-hydroxylation sites is 1. The van der Waals surface area contributed by atoms with Crippen LogP contribution in [0.25, 0.3) is 27.7 Å². The minimum Gasteiger partial charge on any atom is -0.324 e. The lowest BCUT2D eigenvalue weighted by molar-refractivity contribution is -0.136. The van der Waals surface area contributed by atoms with Crippen molar-refractivity contribution >= 4 is 17.2 Å². The molecule has 0 atom stereocenters. The molecule has 0 aliphatic carbocycles. The number of nitrogens with zero attached hydrogens (tertiary/aromatic N) is 2. The summed E-state index contributed by atoms with van der Waals surface area (Å²) in [5.74, 6) is 0. The van der Waals surface area contributed by atoms with Crippen LogP contribution in [0.1, 0.15) is 15.9 Å². The van der Waals surface area contributed by atoms with Crippen LogP contribution in [0.15, 0.2) is 73.2 Å². The highest BCUT2D eigenvalue weighted by molar-refractivity contribution is 6.03. The van der Waals surface area contributed by atoms with Gasteiger partial charge >= 0.3 is 6.18 Å². The Bertz CT molecular complexity index is 1130. The van der Waals surface area contributed by atoms with E-state index in [1.807, 2.05) is 41.2 Å². The van der Waals surface area contributed by atoms with Gasteiger partial charge in [0.05, 0.1) is 11.1 Å². The summed E-state index contributed by atoms with van der Waals surface area (Å²) in [6, 6.07) is 14.9. The SMILES string of the molecule is O=Cc1cnc2c(C(F)(F)F)cccc2c1-c1cccc(-n2cccc2)c1. The van der Waals surface area contributed by atoms with Crippen LogP contribution in [-0.2, 0) is 6.18 Å². The average Bonchev–Trinajstić information content (AvgIpc) is 3.20. The van der Waals surface area contributed by atoms with E-state index in [2.05, 4.69) is 4.98 Å². The van der Waals surface area contributed by atoms with Gasteiger partial charge in [-0.25, -0.2) is 0 Å². The van der Waals surface area contributed by atoms with Gasteiger partial charge in [-0.15, -0.1) is 0 Å². The number of halogens is 3. The van der Waals surface area contributed by atoms with Gasteiger partial charge in [0.1, 0.15) is 0 Å². The smallest absolute Gasteiger partial charge is 0.324 e. The van der Waals surface area contributed by atoms with Crippen LogP contribution in [0, 0.1) is 0 Å². The maximum Gasteiger partial charge on any atom is 0.418 e. The molecule has 134 valence electrons. The van der Waals surface area contributed by atoms with E-state index in [0.717, 1.165) is 11.8 Å². The molecular weight excluding hydrogens is 353 g/mol. The van der Waals surface area contributed by atoms with Gasteiger partial charge in [0.25, 0.3) is 0 Å². The molecule has 0 bridgehead atoms. The van der Waals surface area contributed by atoms with Gasteiger partial charge in [0.2, 0.25) is 0 Å². The minimum atomic E-state index is -4.53. The lowest BCUT2D eigenvalue weighted by Crippen LogP contribution is -2.07. The van der Waals surface area contributed by atoms with Crippen LogP contribution in [0.2, 0.25) is 0 Å². The summed E-state index contributed by atoms with van der Waals surface area (Å²) >= 11 is 0. The van der Waals surface area contributed by atoms with E-state index in [1.54, 1.807) is 18.2 Å². The van der Waals surface area contributed by atoms with Crippen molar-refractivity contribution in [3.63, 3.8) is 0 Å². The summed E-state index contributed by atoms with van der Waals surface area (Å²) in [4.78, 5) is 15.5. The fourth-order valence-electron chi connectivity index (χ4n) is 3.21. The molecule has 0 amide bonds. The standard InChI is InChI=1S/C21H13F3N2O/c22-21(23,24)18-8-4-7-17-19(15(13-27)12-25-20(17)18)14-5-3-6-16(11-14)26-9-1-2-10-26/h1-13H. The molecule has 0 fully saturated rings. The van der Waals surface area contributed by atoms with Crippen LogP contribution in [0.3, 0.4) is 0 Å². The number of fused-ring (bicyclic) bond motifs is 1. The number of rotatable bonds is 3. The second-order valence-electron chi connectivity index (χ2n) is 6.05. The first-order valence-electron chi connectivity index (χ1n) is 8.17. The van der Waals surface area contributed by atoms with Crippen molar-refractivity contribution < 1.29 is 18.0 Å². The quantitative estimate of drug-likeness (QED) is 0.447. The number of alkyl halides is 3. The third-order valence-electron chi connectivity index (χ3n) is 4.40. The van der Waals surface area contributed by atoms with Crippen LogP contribution < -0.4 is 0 Å². The Morgan fingerprint density at radius 3 is 2.41 bits per heavy atom. The van der Waals surface area contributed by atoms with Gasteiger partial charge in [-0.2, -0.15) is 13.2 Å². The van der Waals surface area contributed by atoms with E-state index >= 15 is 0 Å². The number of aromatic nitrogens is 2. The van der Waals surface area contributed by atoms with Gasteiger partial charge in [-0.1, -0.05) is 24.3 Å². The first kappa shape index (κ1) is 17.0. The molecule has 4 rings (SSSR count). The van der Waals surface area contributed by atoms with Gasteiger partial charge in [-0.05, 0) is 35.9 Å². The molecule has 0 aliphatic heterocycles. The molecule has 2 heterocycles. The summed E-state index contributed by atoms with van der Waals surface area (Å²) < 4.78 is 42.0. The molecule has 0 aliphatic rings. The zero-order valence-electron chi connectivity index (χ0n) is 13.9. The van der Waals surface area contributed by atoms with Crippen molar-refractivity contribution in [2.75, 3.05) is 0 Å². The number of hydrogen-bond acceptors (Lipinski definition) is 2. The Kier molecular flexibility index (Phi) is 4.03. The molecule has 2 aromatic carbocycles. The number of aldehydes is 1. The largest absolute Gasteiger partial charge is 0.418 e. The van der Waals surface area contributed by atoms with E-state index in [1.165, 1.54) is 12.3 Å². The highest BCUT2D eigenvalue weighted by Gasteiger charge is 2.33. The number of benzene rings is 2. The monoisotopic (exact) mass is 366 g/mol. The fourth-order valence-corrected chi connectivity index (χ4v) is 3.21. The molecule has 0 spiro atoms. The highest BCUT2D eigenvalue weighted by atomic mass is 19.4. The van der Waals surface area contributed by atoms with Crippen molar-refractivity contribution in [2.45, 2.75) is 6.18 Å². The molecule has 4 aromatic rings. The number of carbonyl (C=O) groups excluding carboxylic acids is 1. The normalized spacial score (nSPS) is 11.7. The van der Waals surface area contributed by atoms with Crippen molar-refractivity contribution in [1.82, 2.24) is 9.55 Å². The summed E-state index contributed by atoms with van der Waals surface area (Å²) in [5.41, 5.74) is 1.18. The summed E-state index contributed by atoms with van der Waals surface area (Å²) in [7, 11) is 0. The third-order valence-corrected chi connectivity index (χ3v) is 4.40. The number of hydrogen-bond donors (Lipinski definition) is 0. The third kappa shape index (κ3) is 2.99. The molecule has 0 unspecified atom stereocenters. The Balaban J connectivity index is 2.01. The maximum atomic E-state index is 13.4. The fraction of sp³-hybridized carbons (Fsp3) is 0.0476. The zero-order chi connectivity index (χ0) is 19.0. The second-order valence-corrected chi connectivity index (χ2v) is 6.05. The van der Waals surface area contributed by atoms with Gasteiger partial charge in [-0.3, -0.25) is 9.78 Å². The topological polar surface area (TPSA) is 34.9 Å². The van der Waals surface area contributed by atoms with Crippen LogP contribution in [-0.4, -0.2) is 15.8 Å². The number of carbonyl (C=O) groups is 1. The lowest BCUT2D eigenvalue weighted by Gasteiger charge is -2.14. The van der Waals surface area contributed by atoms with Gasteiger partial charge in [0.15, 0.2) is 6.29 Å². The van der Waals surface area contributed by atoms with E-state index in [4.69, 9.17) is 0 Å². The minimum absolute atomic E-state index is 0.169. The van der Waals surface area contributed by atoms with E-state index in [0.29, 0.717) is 22.8 Å². The van der Waals surface area contributed by atoms with Crippen molar-refractivity contribution in [3.05, 3.63) is 84.3 Å². The van der Waals surface area contributed by atoms with Crippen LogP contribution in [0.5, 0.6) is 0 Å². The lowest BCUT2D eigenvalue weighted by atomic mass is 9.95. The Labute approximate surface area is 152 Å². The molecule has 0 saturated carbocycles. The predicted molar refractivity (Wildman–Crippen MR) is 96.9 cm³/mol. The first-order chi connectivity index (χ1) is 13.0. The molecule has 0 radical (unpaired) electrons. The molecule has 2 aromatic heterocycles. The predicted octanol–water partition coefficient (Wildman–Crippen LogP) is 5.52. The van der Waals surface area contributed by atoms with E-state index in [-0.39, 0.29) is 11.1 Å². The van der Waals surface area contributed by atoms with Gasteiger partial charge < -0.3 is 4.57 Å². The Morgan fingerprint density at radius 1 is 0.963 bits per heavy atom. The number of pyridine rings is 1. The average molecular weight is 366 g/mol. The summed E-state index contributed by atoms with van der Waals surface area (Å²) in [5, 5.41) is 0.291. The van der Waals surface area contributed by atoms with E-state index in [9.17, 15) is 18.0 Å². The van der Waals surface area contributed by atoms with Gasteiger partial charge in [0, 0.05) is 40.8 Å². The first-order valence-corrected chi connectivity index (χ1v) is 8.17. The molecule has 3 nitrogen and oxygen atoms in total. The summed E-state index contributed by atoms with van der Waals surface area (Å²) in [6.07, 6.45) is 1.02. The molecule has 0 saturated heterocycles. The highest BCUT2D eigenvalue weighted by Crippen LogP contribution is 2.38. The molecule has 6 heteroatoms. The Hall–Kier alpha value is -3.41. The van der Waals surface area contributed by atoms with Crippen LogP contribution in [0.4, 0.5) is 13.2 Å².